The van der Waals surface area contributed by atoms with Crippen LogP contribution in [0.4, 0.5) is 5.69 Å². The molecule has 0 radical (unpaired) electrons. The van der Waals surface area contributed by atoms with E-state index in [4.69, 9.17) is 16.3 Å². The van der Waals surface area contributed by atoms with E-state index in [-0.39, 0.29) is 16.3 Å². The zero-order valence-electron chi connectivity index (χ0n) is 10.9. The van der Waals surface area contributed by atoms with E-state index in [1.165, 1.54) is 12.1 Å². The van der Waals surface area contributed by atoms with Crippen molar-refractivity contribution in [3.63, 3.8) is 0 Å². The number of rotatable bonds is 5. The van der Waals surface area contributed by atoms with E-state index < -0.39 is 16.4 Å². The number of nitro benzene ring substituents is 1. The number of halogens is 1. The summed E-state index contributed by atoms with van der Waals surface area (Å²) in [7, 11) is 1.54. The molecule has 1 N–H and O–H groups in total. The maximum Gasteiger partial charge on any atom is 0.288 e. The third kappa shape index (κ3) is 4.18. The van der Waals surface area contributed by atoms with Crippen LogP contribution in [0, 0.1) is 10.1 Å². The Morgan fingerprint density at radius 3 is 2.68 bits per heavy atom. The minimum absolute atomic E-state index is 0.00114. The number of nitrogens with zero attached hydrogens (tertiary/aromatic N) is 1. The fourth-order valence-corrected chi connectivity index (χ4v) is 1.45. The van der Waals surface area contributed by atoms with E-state index in [1.807, 2.05) is 13.8 Å². The molecular formula is C12H15ClN2O4. The molecule has 1 rings (SSSR count). The summed E-state index contributed by atoms with van der Waals surface area (Å²) < 4.78 is 5.16. The van der Waals surface area contributed by atoms with Crippen molar-refractivity contribution in [2.75, 3.05) is 13.7 Å². The molecule has 0 aliphatic heterocycles. The van der Waals surface area contributed by atoms with E-state index in [1.54, 1.807) is 7.11 Å². The Hall–Kier alpha value is -1.66. The van der Waals surface area contributed by atoms with Crippen LogP contribution in [-0.2, 0) is 4.74 Å². The van der Waals surface area contributed by atoms with Crippen molar-refractivity contribution in [1.29, 1.82) is 0 Å². The molecule has 0 bridgehead atoms. The van der Waals surface area contributed by atoms with Gasteiger partial charge in [-0.05, 0) is 26.0 Å². The fraction of sp³-hybridized carbons (Fsp3) is 0.417. The number of hydrogen-bond acceptors (Lipinski definition) is 4. The van der Waals surface area contributed by atoms with Gasteiger partial charge in [0.15, 0.2) is 0 Å². The summed E-state index contributed by atoms with van der Waals surface area (Å²) in [5.74, 6) is -0.412. The Kier molecular flexibility index (Phi) is 4.85. The molecule has 0 saturated carbocycles. The highest BCUT2D eigenvalue weighted by molar-refractivity contribution is 6.32. The lowest BCUT2D eigenvalue weighted by atomic mass is 10.1. The molecule has 6 nitrogen and oxygen atoms in total. The molecule has 0 unspecified atom stereocenters. The number of methoxy groups -OCH3 is 1. The summed E-state index contributed by atoms with van der Waals surface area (Å²) in [5, 5.41) is 13.4. The summed E-state index contributed by atoms with van der Waals surface area (Å²) >= 11 is 5.67. The number of nitrogens with one attached hydrogen (secondary N) is 1. The van der Waals surface area contributed by atoms with Crippen LogP contribution in [0.1, 0.15) is 24.2 Å². The number of amides is 1. The van der Waals surface area contributed by atoms with Gasteiger partial charge >= 0.3 is 0 Å². The highest BCUT2D eigenvalue weighted by Crippen LogP contribution is 2.25. The van der Waals surface area contributed by atoms with E-state index in [9.17, 15) is 14.9 Å². The molecule has 1 aromatic carbocycles. The highest BCUT2D eigenvalue weighted by Gasteiger charge is 2.20. The van der Waals surface area contributed by atoms with Gasteiger partial charge in [-0.25, -0.2) is 0 Å². The number of ether oxygens (including phenoxy) is 1. The first-order valence-electron chi connectivity index (χ1n) is 5.54. The molecule has 0 fully saturated rings. The normalized spacial score (nSPS) is 11.2. The molecule has 104 valence electrons. The Labute approximate surface area is 115 Å². The van der Waals surface area contributed by atoms with Crippen molar-refractivity contribution >= 4 is 23.2 Å². The van der Waals surface area contributed by atoms with Gasteiger partial charge in [0.05, 0.1) is 10.5 Å². The summed E-state index contributed by atoms with van der Waals surface area (Å²) in [5.41, 5.74) is -0.614. The second kappa shape index (κ2) is 5.99. The molecule has 7 heteroatoms. The lowest BCUT2D eigenvalue weighted by Crippen LogP contribution is -2.39. The first-order valence-corrected chi connectivity index (χ1v) is 5.92. The van der Waals surface area contributed by atoms with Crippen LogP contribution in [0.5, 0.6) is 0 Å². The summed E-state index contributed by atoms with van der Waals surface area (Å²) in [6, 6.07) is 3.91. The number of carbonyl (C=O) groups excluding carboxylic acids is 1. The molecule has 0 atom stereocenters. The van der Waals surface area contributed by atoms with Crippen LogP contribution in [0.15, 0.2) is 18.2 Å². The summed E-state index contributed by atoms with van der Waals surface area (Å²) in [6.45, 7) is 3.92. The van der Waals surface area contributed by atoms with Gasteiger partial charge in [-0.2, -0.15) is 0 Å². The van der Waals surface area contributed by atoms with Crippen molar-refractivity contribution < 1.29 is 14.5 Å². The smallest absolute Gasteiger partial charge is 0.288 e. The Bertz CT molecular complexity index is 503. The zero-order valence-corrected chi connectivity index (χ0v) is 11.7. The molecule has 0 aliphatic carbocycles. The predicted octanol–water partition coefficient (Wildman–Crippen LogP) is 2.40. The lowest BCUT2D eigenvalue weighted by Gasteiger charge is -2.23. The van der Waals surface area contributed by atoms with Crippen molar-refractivity contribution in [2.45, 2.75) is 19.4 Å². The van der Waals surface area contributed by atoms with Crippen molar-refractivity contribution in [3.8, 4) is 0 Å². The second-order valence-corrected chi connectivity index (χ2v) is 4.98. The molecular weight excluding hydrogens is 272 g/mol. The summed E-state index contributed by atoms with van der Waals surface area (Å²) in [6.07, 6.45) is 0. The Balaban J connectivity index is 2.84. The zero-order chi connectivity index (χ0) is 14.6. The Morgan fingerprint density at radius 2 is 2.16 bits per heavy atom. The molecule has 0 heterocycles. The van der Waals surface area contributed by atoms with Crippen LogP contribution in [0.3, 0.4) is 0 Å². The van der Waals surface area contributed by atoms with Gasteiger partial charge < -0.3 is 10.1 Å². The van der Waals surface area contributed by atoms with Crippen molar-refractivity contribution in [3.05, 3.63) is 38.9 Å². The SMILES string of the molecule is COC(C)(C)CNC(=O)c1ccc(Cl)c([N+](=O)[O-])c1. The molecule has 19 heavy (non-hydrogen) atoms. The molecule has 1 amide bonds. The maximum absolute atomic E-state index is 11.9. The van der Waals surface area contributed by atoms with E-state index in [0.29, 0.717) is 6.54 Å². The minimum Gasteiger partial charge on any atom is -0.377 e. The molecule has 0 aromatic heterocycles. The number of hydrogen-bond donors (Lipinski definition) is 1. The third-order valence-electron chi connectivity index (χ3n) is 2.63. The van der Waals surface area contributed by atoms with Crippen molar-refractivity contribution in [2.24, 2.45) is 0 Å². The van der Waals surface area contributed by atoms with Gasteiger partial charge in [0.2, 0.25) is 0 Å². The average Bonchev–Trinajstić information content (AvgIpc) is 2.36. The van der Waals surface area contributed by atoms with Crippen LogP contribution < -0.4 is 5.32 Å². The molecule has 1 aromatic rings. The van der Waals surface area contributed by atoms with E-state index >= 15 is 0 Å². The number of nitro groups is 1. The Morgan fingerprint density at radius 1 is 1.53 bits per heavy atom. The standard InChI is InChI=1S/C12H15ClN2O4/c1-12(2,19-3)7-14-11(16)8-4-5-9(13)10(6-8)15(17)18/h4-6H,7H2,1-3H3,(H,14,16). The van der Waals surface area contributed by atoms with Gasteiger partial charge in [0.1, 0.15) is 5.02 Å². The first kappa shape index (κ1) is 15.4. The van der Waals surface area contributed by atoms with Crippen LogP contribution in [0.25, 0.3) is 0 Å². The first-order chi connectivity index (χ1) is 8.76. The predicted molar refractivity (Wildman–Crippen MR) is 71.5 cm³/mol. The largest absolute Gasteiger partial charge is 0.377 e. The third-order valence-corrected chi connectivity index (χ3v) is 2.95. The highest BCUT2D eigenvalue weighted by atomic mass is 35.5. The lowest BCUT2D eigenvalue weighted by molar-refractivity contribution is -0.384. The topological polar surface area (TPSA) is 81.5 Å². The minimum atomic E-state index is -0.627. The van der Waals surface area contributed by atoms with Crippen LogP contribution in [-0.4, -0.2) is 30.1 Å². The monoisotopic (exact) mass is 286 g/mol. The fourth-order valence-electron chi connectivity index (χ4n) is 1.26. The second-order valence-electron chi connectivity index (χ2n) is 4.57. The number of benzene rings is 1. The molecule has 0 spiro atoms. The summed E-state index contributed by atoms with van der Waals surface area (Å²) in [4.78, 5) is 22.0. The quantitative estimate of drug-likeness (QED) is 0.665. The van der Waals surface area contributed by atoms with E-state index in [0.717, 1.165) is 6.07 Å². The van der Waals surface area contributed by atoms with Gasteiger partial charge in [0.25, 0.3) is 11.6 Å². The number of carbonyl (C=O) groups is 1. The molecule has 0 saturated heterocycles. The van der Waals surface area contributed by atoms with Gasteiger partial charge in [-0.3, -0.25) is 14.9 Å². The van der Waals surface area contributed by atoms with Crippen LogP contribution in [0.2, 0.25) is 5.02 Å². The van der Waals surface area contributed by atoms with Crippen molar-refractivity contribution in [1.82, 2.24) is 5.32 Å². The maximum atomic E-state index is 11.9. The van der Waals surface area contributed by atoms with E-state index in [2.05, 4.69) is 5.32 Å². The average molecular weight is 287 g/mol. The molecule has 0 aliphatic rings. The van der Waals surface area contributed by atoms with Gasteiger partial charge in [-0.15, -0.1) is 0 Å². The van der Waals surface area contributed by atoms with Gasteiger partial charge in [-0.1, -0.05) is 11.6 Å². The van der Waals surface area contributed by atoms with Crippen LogP contribution >= 0.6 is 11.6 Å². The van der Waals surface area contributed by atoms with Gasteiger partial charge in [0, 0.05) is 25.3 Å².